The summed E-state index contributed by atoms with van der Waals surface area (Å²) in [5, 5.41) is 2.82. The van der Waals surface area contributed by atoms with E-state index in [1.54, 1.807) is 12.3 Å². The van der Waals surface area contributed by atoms with Crippen molar-refractivity contribution in [1.82, 2.24) is 4.31 Å². The Morgan fingerprint density at radius 2 is 2.05 bits per heavy atom. The van der Waals surface area contributed by atoms with Crippen molar-refractivity contribution >= 4 is 22.6 Å². The Hall–Kier alpha value is -1.44. The van der Waals surface area contributed by atoms with Crippen LogP contribution in [0.15, 0.2) is 24.3 Å². The summed E-state index contributed by atoms with van der Waals surface area (Å²) in [4.78, 5) is 12.3. The Bertz CT molecular complexity index is 585. The lowest BCUT2D eigenvalue weighted by Crippen LogP contribution is -2.61. The van der Waals surface area contributed by atoms with Gasteiger partial charge in [0.1, 0.15) is 17.4 Å². The molecule has 0 saturated carbocycles. The molecule has 0 aliphatic carbocycles. The summed E-state index contributed by atoms with van der Waals surface area (Å²) in [6.07, 6.45) is 2.82. The van der Waals surface area contributed by atoms with E-state index in [0.717, 1.165) is 0 Å². The molecule has 2 aliphatic heterocycles. The predicted octanol–water partition coefficient (Wildman–Crippen LogP) is 0.473. The summed E-state index contributed by atoms with van der Waals surface area (Å²) in [5.41, 5.74) is 6.08. The second-order valence-corrected chi connectivity index (χ2v) is 6.85. The minimum atomic E-state index is -1.01. The molecule has 1 saturated heterocycles. The topological polar surface area (TPSA) is 84.7 Å². The molecule has 7 heteroatoms. The second kappa shape index (κ2) is 5.40. The number of nitrogens with zero attached hydrogens (tertiary/aromatic N) is 1. The number of amides is 1. The smallest absolute Gasteiger partial charge is 0.245 e. The van der Waals surface area contributed by atoms with Gasteiger partial charge in [0, 0.05) is 32.2 Å². The van der Waals surface area contributed by atoms with Crippen LogP contribution >= 0.6 is 0 Å². The summed E-state index contributed by atoms with van der Waals surface area (Å²) < 4.78 is 19.6. The summed E-state index contributed by atoms with van der Waals surface area (Å²) >= 11 is 0. The van der Waals surface area contributed by atoms with E-state index >= 15 is 0 Å². The number of anilines is 1. The number of nitrogens with one attached hydrogen (secondary N) is 1. The van der Waals surface area contributed by atoms with E-state index in [1.807, 2.05) is 22.5 Å². The minimum Gasteiger partial charge on any atom is -0.483 e. The molecule has 1 aromatic rings. The van der Waals surface area contributed by atoms with Crippen LogP contribution in [0.1, 0.15) is 12.8 Å². The van der Waals surface area contributed by atoms with Crippen LogP contribution in [-0.4, -0.2) is 45.4 Å². The molecule has 114 valence electrons. The van der Waals surface area contributed by atoms with Gasteiger partial charge in [0.2, 0.25) is 5.91 Å². The lowest BCUT2D eigenvalue weighted by molar-refractivity contribution is -0.123. The van der Waals surface area contributed by atoms with Crippen LogP contribution < -0.4 is 15.8 Å². The van der Waals surface area contributed by atoms with Gasteiger partial charge in [-0.15, -0.1) is 0 Å². The maximum Gasteiger partial charge on any atom is 0.245 e. The van der Waals surface area contributed by atoms with E-state index in [1.165, 1.54) is 0 Å². The molecule has 2 heterocycles. The van der Waals surface area contributed by atoms with E-state index in [4.69, 9.17) is 10.5 Å². The fourth-order valence-electron chi connectivity index (χ4n) is 2.93. The van der Waals surface area contributed by atoms with Crippen molar-refractivity contribution in [2.75, 3.05) is 24.7 Å². The number of piperidine rings is 1. The normalized spacial score (nSPS) is 26.4. The molecule has 3 rings (SSSR count). The first kappa shape index (κ1) is 14.5. The third kappa shape index (κ3) is 2.56. The summed E-state index contributed by atoms with van der Waals surface area (Å²) in [5.74, 6) is 0.413. The van der Waals surface area contributed by atoms with Crippen molar-refractivity contribution in [1.29, 1.82) is 0 Å². The first-order valence-electron chi connectivity index (χ1n) is 6.95. The molecule has 1 aromatic carbocycles. The van der Waals surface area contributed by atoms with Gasteiger partial charge in [-0.3, -0.25) is 4.79 Å². The molecule has 1 amide bonds. The number of carbonyl (C=O) groups is 1. The van der Waals surface area contributed by atoms with E-state index in [2.05, 4.69) is 5.32 Å². The van der Waals surface area contributed by atoms with Crippen LogP contribution in [-0.2, 0) is 15.8 Å². The molecule has 0 aromatic heterocycles. The Morgan fingerprint density at radius 3 is 2.71 bits per heavy atom. The van der Waals surface area contributed by atoms with Crippen LogP contribution in [0.4, 0.5) is 5.69 Å². The first-order valence-corrected chi connectivity index (χ1v) is 8.46. The highest BCUT2D eigenvalue weighted by Gasteiger charge is 2.47. The third-order valence-corrected chi connectivity index (χ3v) is 5.33. The summed E-state index contributed by atoms with van der Waals surface area (Å²) in [6, 6.07) is 6.60. The number of benzene rings is 1. The largest absolute Gasteiger partial charge is 0.483 e. The Morgan fingerprint density at radius 1 is 1.38 bits per heavy atom. The maximum absolute atomic E-state index is 12.3. The van der Waals surface area contributed by atoms with Gasteiger partial charge in [-0.25, -0.2) is 8.51 Å². The molecule has 6 nitrogen and oxygen atoms in total. The number of nitrogens with two attached hydrogens (primary N) is 1. The third-order valence-electron chi connectivity index (χ3n) is 4.24. The average molecular weight is 309 g/mol. The molecule has 1 spiro atoms. The SMILES string of the molecule is CS(=O)N1CCC2(CC1)Oc1ccccc1NC(=O)C2N. The van der Waals surface area contributed by atoms with Crippen molar-refractivity contribution < 1.29 is 13.7 Å². The van der Waals surface area contributed by atoms with Gasteiger partial charge in [-0.2, -0.15) is 0 Å². The second-order valence-electron chi connectivity index (χ2n) is 5.48. The molecule has 2 atom stereocenters. The van der Waals surface area contributed by atoms with Crippen LogP contribution in [0.3, 0.4) is 0 Å². The fourth-order valence-corrected chi connectivity index (χ4v) is 3.62. The molecule has 2 aliphatic rings. The zero-order chi connectivity index (χ0) is 15.0. The van der Waals surface area contributed by atoms with Crippen LogP contribution in [0, 0.1) is 0 Å². The highest BCUT2D eigenvalue weighted by atomic mass is 32.2. The van der Waals surface area contributed by atoms with Crippen LogP contribution in [0.5, 0.6) is 5.75 Å². The molecule has 2 unspecified atom stereocenters. The van der Waals surface area contributed by atoms with Crippen molar-refractivity contribution in [3.63, 3.8) is 0 Å². The maximum atomic E-state index is 12.3. The van der Waals surface area contributed by atoms with Gasteiger partial charge in [-0.1, -0.05) is 12.1 Å². The quantitative estimate of drug-likeness (QED) is 0.790. The average Bonchev–Trinajstić information content (AvgIpc) is 2.57. The van der Waals surface area contributed by atoms with Gasteiger partial charge >= 0.3 is 0 Å². The molecule has 21 heavy (non-hydrogen) atoms. The van der Waals surface area contributed by atoms with E-state index in [-0.39, 0.29) is 5.91 Å². The van der Waals surface area contributed by atoms with Gasteiger partial charge in [-0.05, 0) is 12.1 Å². The molecule has 1 fully saturated rings. The summed E-state index contributed by atoms with van der Waals surface area (Å²) in [7, 11) is -1.01. The highest BCUT2D eigenvalue weighted by molar-refractivity contribution is 7.81. The minimum absolute atomic E-state index is 0.231. The predicted molar refractivity (Wildman–Crippen MR) is 81.3 cm³/mol. The van der Waals surface area contributed by atoms with Crippen LogP contribution in [0.25, 0.3) is 0 Å². The number of hydrogen-bond acceptors (Lipinski definition) is 4. The van der Waals surface area contributed by atoms with Gasteiger partial charge < -0.3 is 15.8 Å². The Kier molecular flexibility index (Phi) is 3.73. The van der Waals surface area contributed by atoms with Crippen molar-refractivity contribution in [2.45, 2.75) is 24.5 Å². The number of carbonyl (C=O) groups excluding carboxylic acids is 1. The molecular weight excluding hydrogens is 290 g/mol. The van der Waals surface area contributed by atoms with E-state index in [9.17, 15) is 9.00 Å². The monoisotopic (exact) mass is 309 g/mol. The first-order chi connectivity index (χ1) is 10.0. The number of fused-ring (bicyclic) bond motifs is 1. The number of hydrogen-bond donors (Lipinski definition) is 2. The number of para-hydroxylation sites is 2. The van der Waals surface area contributed by atoms with E-state index in [0.29, 0.717) is 37.4 Å². The van der Waals surface area contributed by atoms with E-state index < -0.39 is 22.6 Å². The standard InChI is InChI=1S/C14H19N3O3S/c1-21(19)17-8-6-14(7-9-17)12(15)13(18)16-10-4-2-3-5-11(10)20-14/h2-5,12H,6-9,15H2,1H3,(H,16,18). The molecule has 0 bridgehead atoms. The zero-order valence-corrected chi connectivity index (χ0v) is 12.7. The van der Waals surface area contributed by atoms with Crippen molar-refractivity contribution in [3.8, 4) is 5.75 Å². The molecular formula is C14H19N3O3S. The van der Waals surface area contributed by atoms with Gasteiger partial charge in [0.05, 0.1) is 16.7 Å². The van der Waals surface area contributed by atoms with Crippen molar-refractivity contribution in [3.05, 3.63) is 24.3 Å². The van der Waals surface area contributed by atoms with Gasteiger partial charge in [0.15, 0.2) is 0 Å². The lowest BCUT2D eigenvalue weighted by atomic mass is 9.84. The molecule has 3 N–H and O–H groups in total. The fraction of sp³-hybridized carbons (Fsp3) is 0.500. The number of rotatable bonds is 1. The Balaban J connectivity index is 1.91. The number of ether oxygens (including phenoxy) is 1. The zero-order valence-electron chi connectivity index (χ0n) is 11.9. The summed E-state index contributed by atoms with van der Waals surface area (Å²) in [6.45, 7) is 1.21. The molecule has 0 radical (unpaired) electrons. The lowest BCUT2D eigenvalue weighted by Gasteiger charge is -2.42. The Labute approximate surface area is 126 Å². The van der Waals surface area contributed by atoms with Crippen molar-refractivity contribution in [2.24, 2.45) is 5.73 Å². The van der Waals surface area contributed by atoms with Gasteiger partial charge in [0.25, 0.3) is 0 Å². The van der Waals surface area contributed by atoms with Crippen LogP contribution in [0.2, 0.25) is 0 Å². The highest BCUT2D eigenvalue weighted by Crippen LogP contribution is 2.37.